The van der Waals surface area contributed by atoms with E-state index in [1.165, 1.54) is 4.90 Å². The number of amides is 2. The molecule has 1 aliphatic heterocycles. The molecule has 0 radical (unpaired) electrons. The van der Waals surface area contributed by atoms with E-state index in [2.05, 4.69) is 4.98 Å². The van der Waals surface area contributed by atoms with Crippen LogP contribution in [0.2, 0.25) is 0 Å². The van der Waals surface area contributed by atoms with Gasteiger partial charge in [-0.1, -0.05) is 18.2 Å². The molecule has 2 amide bonds. The van der Waals surface area contributed by atoms with Crippen molar-refractivity contribution >= 4 is 11.8 Å². The van der Waals surface area contributed by atoms with Gasteiger partial charge in [-0.15, -0.1) is 0 Å². The number of methoxy groups -OCH3 is 1. The number of pyridine rings is 1. The molecule has 1 aromatic carbocycles. The molecule has 21 heavy (non-hydrogen) atoms. The van der Waals surface area contributed by atoms with E-state index < -0.39 is 0 Å². The molecule has 5 heteroatoms. The highest BCUT2D eigenvalue weighted by Gasteiger charge is 2.35. The van der Waals surface area contributed by atoms with Crippen molar-refractivity contribution in [1.29, 1.82) is 0 Å². The second-order valence-electron chi connectivity index (χ2n) is 4.78. The molecular weight excluding hydrogens is 268 g/mol. The zero-order valence-corrected chi connectivity index (χ0v) is 11.6. The summed E-state index contributed by atoms with van der Waals surface area (Å²) in [6.45, 7) is 0.554. The van der Waals surface area contributed by atoms with E-state index in [0.29, 0.717) is 23.4 Å². The van der Waals surface area contributed by atoms with Crippen molar-refractivity contribution in [1.82, 2.24) is 9.88 Å². The minimum Gasteiger partial charge on any atom is -0.380 e. The molecule has 2 aromatic rings. The molecule has 2 heterocycles. The lowest BCUT2D eigenvalue weighted by Crippen LogP contribution is -2.30. The van der Waals surface area contributed by atoms with Gasteiger partial charge in [0.2, 0.25) is 0 Å². The second kappa shape index (κ2) is 5.46. The van der Waals surface area contributed by atoms with Crippen molar-refractivity contribution in [3.05, 3.63) is 65.0 Å². The molecule has 1 aromatic heterocycles. The zero-order chi connectivity index (χ0) is 14.8. The van der Waals surface area contributed by atoms with Crippen LogP contribution in [-0.4, -0.2) is 28.8 Å². The van der Waals surface area contributed by atoms with Gasteiger partial charge in [0, 0.05) is 18.9 Å². The van der Waals surface area contributed by atoms with E-state index in [-0.39, 0.29) is 18.4 Å². The van der Waals surface area contributed by atoms with Crippen molar-refractivity contribution in [3.63, 3.8) is 0 Å². The summed E-state index contributed by atoms with van der Waals surface area (Å²) in [5.74, 6) is -0.547. The van der Waals surface area contributed by atoms with Crippen LogP contribution in [0.4, 0.5) is 0 Å². The van der Waals surface area contributed by atoms with Crippen molar-refractivity contribution < 1.29 is 14.3 Å². The van der Waals surface area contributed by atoms with Gasteiger partial charge >= 0.3 is 0 Å². The summed E-state index contributed by atoms with van der Waals surface area (Å²) < 4.78 is 5.12. The fourth-order valence-electron chi connectivity index (χ4n) is 2.43. The molecule has 0 unspecified atom stereocenters. The van der Waals surface area contributed by atoms with E-state index in [4.69, 9.17) is 4.74 Å². The summed E-state index contributed by atoms with van der Waals surface area (Å²) in [7, 11) is 1.60. The highest BCUT2D eigenvalue weighted by molar-refractivity contribution is 6.21. The zero-order valence-electron chi connectivity index (χ0n) is 11.6. The minimum atomic E-state index is -0.274. The van der Waals surface area contributed by atoms with Gasteiger partial charge in [-0.3, -0.25) is 19.5 Å². The molecule has 3 rings (SSSR count). The summed E-state index contributed by atoms with van der Waals surface area (Å²) in [5, 5.41) is 0. The monoisotopic (exact) mass is 282 g/mol. The SMILES string of the molecule is COCc1cccnc1CN1C(=O)c2ccccc2C1=O. The quantitative estimate of drug-likeness (QED) is 0.805. The first-order chi connectivity index (χ1) is 10.2. The molecule has 0 fully saturated rings. The van der Waals surface area contributed by atoms with Gasteiger partial charge in [0.15, 0.2) is 0 Å². The standard InChI is InChI=1S/C16H14N2O3/c1-21-10-11-5-4-8-17-14(11)9-18-15(19)12-6-2-3-7-13(12)16(18)20/h2-8H,9-10H2,1H3. The Morgan fingerprint density at radius 1 is 1.05 bits per heavy atom. The number of carbonyl (C=O) groups excluding carboxylic acids is 2. The van der Waals surface area contributed by atoms with Gasteiger partial charge in [-0.05, 0) is 18.2 Å². The average molecular weight is 282 g/mol. The van der Waals surface area contributed by atoms with Gasteiger partial charge in [-0.25, -0.2) is 0 Å². The Kier molecular flexibility index (Phi) is 3.50. The van der Waals surface area contributed by atoms with E-state index >= 15 is 0 Å². The number of fused-ring (bicyclic) bond motifs is 1. The lowest BCUT2D eigenvalue weighted by Gasteiger charge is -2.15. The van der Waals surface area contributed by atoms with Crippen LogP contribution in [0.15, 0.2) is 42.6 Å². The Balaban J connectivity index is 1.91. The van der Waals surface area contributed by atoms with Crippen LogP contribution >= 0.6 is 0 Å². The number of ether oxygens (including phenoxy) is 1. The first kappa shape index (κ1) is 13.5. The molecule has 0 bridgehead atoms. The van der Waals surface area contributed by atoms with Gasteiger partial charge in [0.25, 0.3) is 11.8 Å². The van der Waals surface area contributed by atoms with Crippen LogP contribution in [0.3, 0.4) is 0 Å². The van der Waals surface area contributed by atoms with Crippen LogP contribution in [0.5, 0.6) is 0 Å². The van der Waals surface area contributed by atoms with Crippen LogP contribution < -0.4 is 0 Å². The minimum absolute atomic E-state index is 0.159. The smallest absolute Gasteiger partial charge is 0.261 e. The number of hydrogen-bond donors (Lipinski definition) is 0. The molecular formula is C16H14N2O3. The second-order valence-corrected chi connectivity index (χ2v) is 4.78. The number of nitrogens with zero attached hydrogens (tertiary/aromatic N) is 2. The maximum Gasteiger partial charge on any atom is 0.261 e. The van der Waals surface area contributed by atoms with Crippen molar-refractivity contribution in [3.8, 4) is 0 Å². The summed E-state index contributed by atoms with van der Waals surface area (Å²) in [6, 6.07) is 10.5. The van der Waals surface area contributed by atoms with Crippen LogP contribution in [0, 0.1) is 0 Å². The molecule has 1 aliphatic rings. The van der Waals surface area contributed by atoms with E-state index in [1.807, 2.05) is 6.07 Å². The van der Waals surface area contributed by atoms with Gasteiger partial charge in [0.1, 0.15) is 0 Å². The van der Waals surface area contributed by atoms with E-state index in [1.54, 1.807) is 43.6 Å². The van der Waals surface area contributed by atoms with Gasteiger partial charge in [0.05, 0.1) is 30.0 Å². The van der Waals surface area contributed by atoms with Crippen molar-refractivity contribution in [2.75, 3.05) is 7.11 Å². The largest absolute Gasteiger partial charge is 0.380 e. The molecule has 0 atom stereocenters. The Hall–Kier alpha value is -2.53. The average Bonchev–Trinajstić information content (AvgIpc) is 2.75. The summed E-state index contributed by atoms with van der Waals surface area (Å²) in [4.78, 5) is 30.1. The molecule has 0 N–H and O–H groups in total. The summed E-state index contributed by atoms with van der Waals surface area (Å²) in [5.41, 5.74) is 2.45. The predicted octanol–water partition coefficient (Wildman–Crippen LogP) is 2.02. The van der Waals surface area contributed by atoms with Crippen LogP contribution in [-0.2, 0) is 17.9 Å². The van der Waals surface area contributed by atoms with Gasteiger partial charge in [-0.2, -0.15) is 0 Å². The number of hydrogen-bond acceptors (Lipinski definition) is 4. The first-order valence-electron chi connectivity index (χ1n) is 6.59. The van der Waals surface area contributed by atoms with E-state index in [0.717, 1.165) is 5.56 Å². The van der Waals surface area contributed by atoms with Crippen LogP contribution in [0.1, 0.15) is 32.0 Å². The van der Waals surface area contributed by atoms with E-state index in [9.17, 15) is 9.59 Å². The summed E-state index contributed by atoms with van der Waals surface area (Å²) in [6.07, 6.45) is 1.65. The number of imide groups is 1. The maximum atomic E-state index is 12.3. The lowest BCUT2D eigenvalue weighted by molar-refractivity contribution is 0.0638. The number of aromatic nitrogens is 1. The van der Waals surface area contributed by atoms with Gasteiger partial charge < -0.3 is 4.74 Å². The molecule has 106 valence electrons. The summed E-state index contributed by atoms with van der Waals surface area (Å²) >= 11 is 0. The van der Waals surface area contributed by atoms with Crippen LogP contribution in [0.25, 0.3) is 0 Å². The Labute approximate surface area is 122 Å². The maximum absolute atomic E-state index is 12.3. The number of rotatable bonds is 4. The third-order valence-corrected chi connectivity index (χ3v) is 3.47. The van der Waals surface area contributed by atoms with Crippen molar-refractivity contribution in [2.24, 2.45) is 0 Å². The topological polar surface area (TPSA) is 59.5 Å². The Morgan fingerprint density at radius 2 is 1.71 bits per heavy atom. The number of benzene rings is 1. The third-order valence-electron chi connectivity index (χ3n) is 3.47. The normalized spacial score (nSPS) is 13.7. The first-order valence-corrected chi connectivity index (χ1v) is 6.59. The molecule has 0 aliphatic carbocycles. The fraction of sp³-hybridized carbons (Fsp3) is 0.188. The number of carbonyl (C=O) groups is 2. The predicted molar refractivity (Wildman–Crippen MR) is 75.6 cm³/mol. The van der Waals surface area contributed by atoms with Crippen molar-refractivity contribution in [2.45, 2.75) is 13.2 Å². The molecule has 0 saturated heterocycles. The Bertz CT molecular complexity index is 677. The Morgan fingerprint density at radius 3 is 2.33 bits per heavy atom. The highest BCUT2D eigenvalue weighted by Crippen LogP contribution is 2.24. The molecule has 0 spiro atoms. The fourth-order valence-corrected chi connectivity index (χ4v) is 2.43. The highest BCUT2D eigenvalue weighted by atomic mass is 16.5. The molecule has 5 nitrogen and oxygen atoms in total. The molecule has 0 saturated carbocycles. The lowest BCUT2D eigenvalue weighted by atomic mass is 10.1. The third kappa shape index (κ3) is 2.32.